The lowest BCUT2D eigenvalue weighted by Crippen LogP contribution is -2.46. The van der Waals surface area contributed by atoms with Crippen molar-refractivity contribution < 1.29 is 41.3 Å². The molecule has 21 heavy (non-hydrogen) atoms. The largest absolute Gasteiger partial charge is 0.416 e. The Morgan fingerprint density at radius 2 is 1.43 bits per heavy atom. The topological polar surface area (TPSA) is 52.9 Å². The third-order valence-corrected chi connectivity index (χ3v) is 3.21. The normalized spacial score (nSPS) is 22.3. The number of hydrogen-bond acceptors (Lipinski definition) is 4. The zero-order valence-electron chi connectivity index (χ0n) is 11.0. The Balaban J connectivity index is 2.27. The summed E-state index contributed by atoms with van der Waals surface area (Å²) in [7, 11) is 0. The van der Waals surface area contributed by atoms with Gasteiger partial charge in [0, 0.05) is 19.6 Å². The van der Waals surface area contributed by atoms with Crippen molar-refractivity contribution in [3.05, 3.63) is 0 Å². The lowest BCUT2D eigenvalue weighted by atomic mass is 10.1. The number of nitrogens with zero attached hydrogens (tertiary/aromatic N) is 1. The molecular weight excluding hydrogens is 308 g/mol. The number of piperidine rings is 1. The SMILES string of the molecule is OC(COC1CCN(CC(O)C(F)(F)F)CC1)C(F)(F)F. The Morgan fingerprint density at radius 3 is 1.86 bits per heavy atom. The number of ether oxygens (including phenoxy) is 1. The number of halogens is 6. The zero-order valence-corrected chi connectivity index (χ0v) is 11.0. The Bertz CT molecular complexity index is 314. The molecule has 1 aliphatic heterocycles. The molecule has 0 spiro atoms. The molecule has 2 atom stereocenters. The minimum absolute atomic E-state index is 0.180. The highest BCUT2D eigenvalue weighted by molar-refractivity contribution is 4.78. The van der Waals surface area contributed by atoms with Gasteiger partial charge in [-0.1, -0.05) is 0 Å². The highest BCUT2D eigenvalue weighted by Crippen LogP contribution is 2.24. The molecule has 1 fully saturated rings. The fourth-order valence-electron chi connectivity index (χ4n) is 1.93. The maximum absolute atomic E-state index is 12.2. The van der Waals surface area contributed by atoms with Crippen LogP contribution in [-0.4, -0.2) is 72.0 Å². The molecule has 10 heteroatoms. The third kappa shape index (κ3) is 6.37. The highest BCUT2D eigenvalue weighted by atomic mass is 19.4. The maximum atomic E-state index is 12.2. The van der Waals surface area contributed by atoms with Crippen LogP contribution in [0.2, 0.25) is 0 Å². The van der Waals surface area contributed by atoms with Crippen LogP contribution in [0.15, 0.2) is 0 Å². The second-order valence-corrected chi connectivity index (χ2v) is 4.95. The Hall–Kier alpha value is -0.580. The predicted octanol–water partition coefficient (Wildman–Crippen LogP) is 1.31. The second-order valence-electron chi connectivity index (χ2n) is 4.95. The van der Waals surface area contributed by atoms with Gasteiger partial charge in [0.25, 0.3) is 0 Å². The van der Waals surface area contributed by atoms with E-state index in [1.165, 1.54) is 4.90 Å². The number of aliphatic hydroxyl groups excluding tert-OH is 2. The average molecular weight is 325 g/mol. The van der Waals surface area contributed by atoms with Crippen molar-refractivity contribution in [1.29, 1.82) is 0 Å². The quantitative estimate of drug-likeness (QED) is 0.749. The second kappa shape index (κ2) is 7.12. The fraction of sp³-hybridized carbons (Fsp3) is 1.00. The van der Waals surface area contributed by atoms with E-state index < -0.39 is 43.8 Å². The van der Waals surface area contributed by atoms with Gasteiger partial charge in [0.1, 0.15) is 0 Å². The van der Waals surface area contributed by atoms with Crippen LogP contribution in [-0.2, 0) is 4.74 Å². The first-order valence-electron chi connectivity index (χ1n) is 6.33. The summed E-state index contributed by atoms with van der Waals surface area (Å²) in [6, 6.07) is 0. The summed E-state index contributed by atoms with van der Waals surface area (Å²) in [5.41, 5.74) is 0. The van der Waals surface area contributed by atoms with Crippen molar-refractivity contribution in [2.45, 2.75) is 43.5 Å². The van der Waals surface area contributed by atoms with E-state index in [2.05, 4.69) is 0 Å². The van der Waals surface area contributed by atoms with Crippen LogP contribution < -0.4 is 0 Å². The number of aliphatic hydroxyl groups is 2. The van der Waals surface area contributed by atoms with E-state index in [-0.39, 0.29) is 25.9 Å². The average Bonchev–Trinajstić information content (AvgIpc) is 2.35. The maximum Gasteiger partial charge on any atom is 0.416 e. The van der Waals surface area contributed by atoms with Gasteiger partial charge in [-0.15, -0.1) is 0 Å². The molecule has 1 aliphatic rings. The number of likely N-dealkylation sites (tertiary alicyclic amines) is 1. The molecule has 1 saturated heterocycles. The van der Waals surface area contributed by atoms with Gasteiger partial charge in [-0.25, -0.2) is 0 Å². The molecule has 126 valence electrons. The number of β-amino-alcohol motifs (C(OH)–C–C–N with tert-alkyl or cyclic N) is 1. The molecule has 0 aromatic carbocycles. The van der Waals surface area contributed by atoms with Crippen LogP contribution in [0.5, 0.6) is 0 Å². The molecule has 0 aromatic heterocycles. The summed E-state index contributed by atoms with van der Waals surface area (Å²) in [6.07, 6.45) is -14.5. The van der Waals surface area contributed by atoms with E-state index >= 15 is 0 Å². The molecule has 0 amide bonds. The fourth-order valence-corrected chi connectivity index (χ4v) is 1.93. The smallest absolute Gasteiger partial charge is 0.382 e. The van der Waals surface area contributed by atoms with Crippen LogP contribution in [0.1, 0.15) is 12.8 Å². The van der Waals surface area contributed by atoms with E-state index in [0.29, 0.717) is 0 Å². The van der Waals surface area contributed by atoms with Crippen molar-refractivity contribution in [2.24, 2.45) is 0 Å². The van der Waals surface area contributed by atoms with Crippen molar-refractivity contribution >= 4 is 0 Å². The van der Waals surface area contributed by atoms with Gasteiger partial charge in [0.05, 0.1) is 12.7 Å². The van der Waals surface area contributed by atoms with E-state index in [1.807, 2.05) is 0 Å². The number of rotatable bonds is 5. The molecule has 0 aromatic rings. The minimum Gasteiger partial charge on any atom is -0.382 e. The molecule has 0 radical (unpaired) electrons. The van der Waals surface area contributed by atoms with Gasteiger partial charge >= 0.3 is 12.4 Å². The van der Waals surface area contributed by atoms with E-state index in [1.54, 1.807) is 0 Å². The lowest BCUT2D eigenvalue weighted by Gasteiger charge is -2.33. The van der Waals surface area contributed by atoms with Gasteiger partial charge in [0.2, 0.25) is 0 Å². The molecule has 0 bridgehead atoms. The lowest BCUT2D eigenvalue weighted by molar-refractivity contribution is -0.223. The summed E-state index contributed by atoms with van der Waals surface area (Å²) in [4.78, 5) is 1.37. The molecule has 1 rings (SSSR count). The van der Waals surface area contributed by atoms with Crippen LogP contribution in [0.25, 0.3) is 0 Å². The van der Waals surface area contributed by atoms with Crippen LogP contribution in [0.4, 0.5) is 26.3 Å². The molecule has 4 nitrogen and oxygen atoms in total. The molecule has 2 unspecified atom stereocenters. The Labute approximate surface area is 117 Å². The van der Waals surface area contributed by atoms with Crippen LogP contribution >= 0.6 is 0 Å². The van der Waals surface area contributed by atoms with E-state index in [4.69, 9.17) is 14.9 Å². The molecule has 2 N–H and O–H groups in total. The van der Waals surface area contributed by atoms with Crippen LogP contribution in [0, 0.1) is 0 Å². The Morgan fingerprint density at radius 1 is 0.952 bits per heavy atom. The van der Waals surface area contributed by atoms with E-state index in [9.17, 15) is 26.3 Å². The van der Waals surface area contributed by atoms with Gasteiger partial charge in [0.15, 0.2) is 12.2 Å². The van der Waals surface area contributed by atoms with Crippen molar-refractivity contribution in [3.63, 3.8) is 0 Å². The van der Waals surface area contributed by atoms with Gasteiger partial charge < -0.3 is 19.8 Å². The van der Waals surface area contributed by atoms with E-state index in [0.717, 1.165) is 0 Å². The zero-order chi connectivity index (χ0) is 16.3. The third-order valence-electron chi connectivity index (χ3n) is 3.21. The minimum atomic E-state index is -4.75. The monoisotopic (exact) mass is 325 g/mol. The van der Waals surface area contributed by atoms with Gasteiger partial charge in [-0.3, -0.25) is 0 Å². The van der Waals surface area contributed by atoms with Crippen LogP contribution in [0.3, 0.4) is 0 Å². The molecule has 1 heterocycles. The summed E-state index contributed by atoms with van der Waals surface area (Å²) in [6.45, 7) is -1.10. The molecular formula is C11H17F6NO3. The standard InChI is InChI=1S/C11H17F6NO3/c12-10(13,14)8(19)5-18-3-1-7(2-4-18)21-6-9(20)11(15,16)17/h7-9,19-20H,1-6H2. The van der Waals surface area contributed by atoms with Gasteiger partial charge in [-0.05, 0) is 12.8 Å². The molecule has 0 saturated carbocycles. The van der Waals surface area contributed by atoms with Crippen molar-refractivity contribution in [2.75, 3.05) is 26.2 Å². The summed E-state index contributed by atoms with van der Waals surface area (Å²) >= 11 is 0. The van der Waals surface area contributed by atoms with Gasteiger partial charge in [-0.2, -0.15) is 26.3 Å². The first kappa shape index (κ1) is 18.5. The summed E-state index contributed by atoms with van der Waals surface area (Å²) in [5.74, 6) is 0. The number of alkyl halides is 6. The number of hydrogen-bond donors (Lipinski definition) is 2. The summed E-state index contributed by atoms with van der Waals surface area (Å²) in [5, 5.41) is 17.7. The molecule has 0 aliphatic carbocycles. The predicted molar refractivity (Wildman–Crippen MR) is 59.5 cm³/mol. The first-order chi connectivity index (χ1) is 9.50. The Kier molecular flexibility index (Phi) is 6.26. The first-order valence-corrected chi connectivity index (χ1v) is 6.33. The highest BCUT2D eigenvalue weighted by Gasteiger charge is 2.40. The summed E-state index contributed by atoms with van der Waals surface area (Å²) < 4.78 is 77.6. The van der Waals surface area contributed by atoms with Crippen molar-refractivity contribution in [3.8, 4) is 0 Å². The van der Waals surface area contributed by atoms with Crippen molar-refractivity contribution in [1.82, 2.24) is 4.90 Å².